The normalized spacial score (nSPS) is 24.6. The van der Waals surface area contributed by atoms with Crippen LogP contribution in [-0.2, 0) is 0 Å². The molecule has 2 unspecified atom stereocenters. The van der Waals surface area contributed by atoms with E-state index in [9.17, 15) is 0 Å². The molecule has 0 saturated heterocycles. The van der Waals surface area contributed by atoms with Gasteiger partial charge in [-0.15, -0.1) is 11.3 Å². The maximum atomic E-state index is 4.55. The molecule has 5 rings (SSSR count). The molecule has 3 heterocycles. The second kappa shape index (κ2) is 5.71. The lowest BCUT2D eigenvalue weighted by Gasteiger charge is -2.36. The molecule has 0 fully saturated rings. The first kappa shape index (κ1) is 15.6. The average molecular weight is 455 g/mol. The van der Waals surface area contributed by atoms with Gasteiger partial charge in [0.1, 0.15) is 0 Å². The van der Waals surface area contributed by atoms with Gasteiger partial charge in [0.05, 0.1) is 9.97 Å². The summed E-state index contributed by atoms with van der Waals surface area (Å²) in [4.78, 5) is 3.88. The van der Waals surface area contributed by atoms with Crippen molar-refractivity contribution in [3.05, 3.63) is 76.0 Å². The first-order valence-electron chi connectivity index (χ1n) is 8.56. The van der Waals surface area contributed by atoms with E-state index in [0.717, 1.165) is 0 Å². The zero-order valence-corrected chi connectivity index (χ0v) is 16.9. The second-order valence-electron chi connectivity index (χ2n) is 6.83. The van der Waals surface area contributed by atoms with Crippen LogP contribution >= 0.6 is 33.9 Å². The minimum Gasteiger partial charge on any atom is -0.362 e. The van der Waals surface area contributed by atoms with Gasteiger partial charge in [-0.05, 0) is 46.0 Å². The average Bonchev–Trinajstić information content (AvgIpc) is 3.01. The molecule has 0 N–H and O–H groups in total. The highest BCUT2D eigenvalue weighted by Crippen LogP contribution is 2.49. The summed E-state index contributed by atoms with van der Waals surface area (Å²) in [6, 6.07) is 18.1. The highest BCUT2D eigenvalue weighted by molar-refractivity contribution is 14.1. The Hall–Kier alpha value is -1.59. The summed E-state index contributed by atoms with van der Waals surface area (Å²) in [6.45, 7) is 6.90. The molecule has 2 aliphatic heterocycles. The van der Waals surface area contributed by atoms with Gasteiger partial charge in [0.2, 0.25) is 0 Å². The summed E-state index contributed by atoms with van der Waals surface area (Å²) < 4.78 is 1.80. The zero-order valence-electron chi connectivity index (χ0n) is 13.9. The maximum absolute atomic E-state index is 4.55. The van der Waals surface area contributed by atoms with Crippen molar-refractivity contribution in [1.29, 1.82) is 0 Å². The van der Waals surface area contributed by atoms with Crippen LogP contribution in [0.4, 0.5) is 0 Å². The first-order chi connectivity index (χ1) is 12.1. The van der Waals surface area contributed by atoms with E-state index in [2.05, 4.69) is 102 Å². The van der Waals surface area contributed by atoms with Crippen LogP contribution in [0.5, 0.6) is 0 Å². The minimum atomic E-state index is 0.233. The molecule has 0 amide bonds. The molecule has 2 aliphatic rings. The molecule has 1 nitrogen and oxygen atoms in total. The maximum Gasteiger partial charge on any atom is 0.0741 e. The topological polar surface area (TPSA) is 3.24 Å². The number of fused-ring (bicyclic) bond motifs is 5. The number of hydrogen-bond donors (Lipinski definition) is 0. The minimum absolute atomic E-state index is 0.233. The van der Waals surface area contributed by atoms with Crippen LogP contribution in [-0.4, -0.2) is 17.0 Å². The van der Waals surface area contributed by atoms with E-state index in [1.54, 1.807) is 0 Å². The molecule has 0 aliphatic carbocycles. The number of alkyl halides is 1. The Labute approximate surface area is 165 Å². The van der Waals surface area contributed by atoms with Crippen LogP contribution in [0.3, 0.4) is 0 Å². The summed E-state index contributed by atoms with van der Waals surface area (Å²) in [7, 11) is 0. The van der Waals surface area contributed by atoms with Crippen LogP contribution < -0.4 is 10.4 Å². The molecule has 3 heteroatoms. The summed E-state index contributed by atoms with van der Waals surface area (Å²) >= 11 is 4.53. The van der Waals surface area contributed by atoms with Crippen LogP contribution in [0.15, 0.2) is 55.1 Å². The van der Waals surface area contributed by atoms with E-state index >= 15 is 0 Å². The molecule has 0 saturated carbocycles. The number of halogens is 1. The fraction of sp³-hybridized carbons (Fsp3) is 0.182. The van der Waals surface area contributed by atoms with Crippen molar-refractivity contribution < 1.29 is 0 Å². The zero-order chi connectivity index (χ0) is 17.1. The molecule has 0 radical (unpaired) electrons. The van der Waals surface area contributed by atoms with Crippen molar-refractivity contribution >= 4 is 61.9 Å². The third-order valence-corrected chi connectivity index (χ3v) is 8.32. The summed E-state index contributed by atoms with van der Waals surface area (Å²) in [6.07, 6.45) is 4.72. The van der Waals surface area contributed by atoms with Gasteiger partial charge in [0.15, 0.2) is 0 Å². The van der Waals surface area contributed by atoms with E-state index in [0.29, 0.717) is 9.97 Å². The van der Waals surface area contributed by atoms with Crippen LogP contribution in [0, 0.1) is 0 Å². The highest BCUT2D eigenvalue weighted by atomic mass is 127. The number of nitrogens with zero attached hydrogens (tertiary/aromatic N) is 1. The molecule has 3 aromatic rings. The van der Waals surface area contributed by atoms with Crippen molar-refractivity contribution in [2.75, 3.05) is 0 Å². The lowest BCUT2D eigenvalue weighted by atomic mass is 10.00. The Morgan fingerprint density at radius 1 is 1.04 bits per heavy atom. The van der Waals surface area contributed by atoms with Gasteiger partial charge in [-0.1, -0.05) is 71.6 Å². The fourth-order valence-corrected chi connectivity index (χ4v) is 6.52. The molecule has 2 aromatic carbocycles. The molecule has 25 heavy (non-hydrogen) atoms. The molecule has 0 bridgehead atoms. The predicted molar refractivity (Wildman–Crippen MR) is 117 cm³/mol. The number of benzene rings is 2. The number of thiophene rings is 1. The second-order valence-corrected chi connectivity index (χ2v) is 9.22. The first-order valence-corrected chi connectivity index (χ1v) is 10.6. The summed E-state index contributed by atoms with van der Waals surface area (Å²) in [5.74, 6) is 0. The standard InChI is InChI=1S/C22H18INS/c1-13-18-11-15-7-3-4-8-16(15)12-24(18)14(2)21(23)20-17-9-5-6-10-19(17)25-22(13)20/h3-12,14,18,21H,1H2,2H3/t14-,18?,21?/m0/s1. The van der Waals surface area contributed by atoms with Crippen LogP contribution in [0.1, 0.15) is 21.3 Å². The van der Waals surface area contributed by atoms with Gasteiger partial charge >= 0.3 is 0 Å². The molecule has 0 spiro atoms. The smallest absolute Gasteiger partial charge is 0.0741 e. The molecule has 124 valence electrons. The predicted octanol–water partition coefficient (Wildman–Crippen LogP) is 4.70. The summed E-state index contributed by atoms with van der Waals surface area (Å²) in [5, 5.41) is 4.01. The quantitative estimate of drug-likeness (QED) is 0.351. The Morgan fingerprint density at radius 3 is 2.60 bits per heavy atom. The van der Waals surface area contributed by atoms with Crippen molar-refractivity contribution in [3.63, 3.8) is 0 Å². The van der Waals surface area contributed by atoms with E-state index in [-0.39, 0.29) is 6.04 Å². The SMILES string of the molecule is C=C1c2sc3ccccc3c2C(I)[C@H](C)N2C=c3ccccc3=CC12. The van der Waals surface area contributed by atoms with E-state index < -0.39 is 0 Å². The lowest BCUT2D eigenvalue weighted by Crippen LogP contribution is -2.45. The lowest BCUT2D eigenvalue weighted by molar-refractivity contribution is 0.326. The van der Waals surface area contributed by atoms with E-state index in [1.807, 2.05) is 11.3 Å². The van der Waals surface area contributed by atoms with Gasteiger partial charge in [-0.2, -0.15) is 0 Å². The Bertz CT molecular complexity index is 1130. The van der Waals surface area contributed by atoms with Gasteiger partial charge in [0, 0.05) is 21.8 Å². The van der Waals surface area contributed by atoms with Gasteiger partial charge < -0.3 is 4.90 Å². The van der Waals surface area contributed by atoms with Crippen molar-refractivity contribution in [1.82, 2.24) is 4.90 Å². The van der Waals surface area contributed by atoms with Crippen LogP contribution in [0.25, 0.3) is 27.9 Å². The largest absolute Gasteiger partial charge is 0.362 e. The van der Waals surface area contributed by atoms with Crippen molar-refractivity contribution in [2.45, 2.75) is 22.9 Å². The van der Waals surface area contributed by atoms with E-state index in [1.165, 1.54) is 36.5 Å². The fourth-order valence-electron chi connectivity index (χ4n) is 4.03. The molecule has 1 aromatic heterocycles. The Kier molecular flexibility index (Phi) is 3.57. The van der Waals surface area contributed by atoms with Gasteiger partial charge in [-0.3, -0.25) is 0 Å². The van der Waals surface area contributed by atoms with Crippen molar-refractivity contribution in [2.24, 2.45) is 0 Å². The van der Waals surface area contributed by atoms with Gasteiger partial charge in [-0.25, -0.2) is 0 Å². The highest BCUT2D eigenvalue weighted by Gasteiger charge is 2.36. The summed E-state index contributed by atoms with van der Waals surface area (Å²) in [5.41, 5.74) is 2.70. The molecular formula is C22H18INS. The van der Waals surface area contributed by atoms with Crippen molar-refractivity contribution in [3.8, 4) is 0 Å². The van der Waals surface area contributed by atoms with E-state index in [4.69, 9.17) is 0 Å². The van der Waals surface area contributed by atoms with Crippen LogP contribution in [0.2, 0.25) is 0 Å². The number of hydrogen-bond acceptors (Lipinski definition) is 2. The molecular weight excluding hydrogens is 437 g/mol. The third-order valence-electron chi connectivity index (χ3n) is 5.39. The number of rotatable bonds is 0. The Balaban J connectivity index is 1.79. The third kappa shape index (κ3) is 2.25. The Morgan fingerprint density at radius 2 is 1.76 bits per heavy atom. The van der Waals surface area contributed by atoms with Gasteiger partial charge in [0.25, 0.3) is 0 Å². The monoisotopic (exact) mass is 455 g/mol. The molecule has 3 atom stereocenters.